The number of methoxy groups -OCH3 is 1. The molecule has 0 saturated heterocycles. The van der Waals surface area contributed by atoms with Crippen LogP contribution in [0.15, 0.2) is 48.5 Å². The third-order valence-electron chi connectivity index (χ3n) is 4.47. The van der Waals surface area contributed by atoms with Gasteiger partial charge in [-0.2, -0.15) is 0 Å². The summed E-state index contributed by atoms with van der Waals surface area (Å²) in [4.78, 5) is 25.7. The minimum atomic E-state index is -0.0663. The molecular formula is C22H28N2O3. The van der Waals surface area contributed by atoms with Gasteiger partial charge in [-0.1, -0.05) is 31.2 Å². The molecule has 0 radical (unpaired) electrons. The first-order chi connectivity index (χ1) is 13.0. The molecule has 144 valence electrons. The Balaban J connectivity index is 1.81. The van der Waals surface area contributed by atoms with Gasteiger partial charge in [-0.3, -0.25) is 9.59 Å². The molecule has 2 aromatic carbocycles. The predicted molar refractivity (Wildman–Crippen MR) is 108 cm³/mol. The fourth-order valence-corrected chi connectivity index (χ4v) is 2.86. The van der Waals surface area contributed by atoms with Crippen LogP contribution in [0.2, 0.25) is 0 Å². The van der Waals surface area contributed by atoms with Crippen LogP contribution in [0, 0.1) is 0 Å². The van der Waals surface area contributed by atoms with Gasteiger partial charge in [0.2, 0.25) is 11.8 Å². The Kier molecular flexibility index (Phi) is 7.86. The lowest BCUT2D eigenvalue weighted by Gasteiger charge is -2.21. The Morgan fingerprint density at radius 3 is 2.44 bits per heavy atom. The van der Waals surface area contributed by atoms with E-state index in [2.05, 4.69) is 12.2 Å². The molecule has 0 spiro atoms. The van der Waals surface area contributed by atoms with Crippen molar-refractivity contribution in [3.8, 4) is 5.75 Å². The summed E-state index contributed by atoms with van der Waals surface area (Å²) < 4.78 is 5.20. The van der Waals surface area contributed by atoms with Crippen LogP contribution in [-0.4, -0.2) is 32.0 Å². The first-order valence-corrected chi connectivity index (χ1v) is 9.30. The van der Waals surface area contributed by atoms with Crippen LogP contribution in [0.4, 0.5) is 5.69 Å². The SMILES string of the molecule is CCc1ccc(N(CCC(=O)NCCc2cccc(OC)c2)C(C)=O)cc1. The molecule has 0 aliphatic carbocycles. The molecule has 2 amide bonds. The standard InChI is InChI=1S/C22H28N2O3/c1-4-18-8-10-20(11-9-18)24(17(2)25)15-13-22(26)23-14-12-19-6-5-7-21(16-19)27-3/h5-11,16H,4,12-15H2,1-3H3,(H,23,26). The lowest BCUT2D eigenvalue weighted by molar-refractivity contribution is -0.121. The number of rotatable bonds is 9. The smallest absolute Gasteiger partial charge is 0.223 e. The minimum absolute atomic E-state index is 0.0608. The number of hydrogen-bond acceptors (Lipinski definition) is 3. The molecule has 0 unspecified atom stereocenters. The van der Waals surface area contributed by atoms with E-state index in [-0.39, 0.29) is 18.2 Å². The molecule has 0 saturated carbocycles. The molecule has 5 heteroatoms. The maximum absolute atomic E-state index is 12.1. The largest absolute Gasteiger partial charge is 0.497 e. The fourth-order valence-electron chi connectivity index (χ4n) is 2.86. The van der Waals surface area contributed by atoms with Gasteiger partial charge in [0.15, 0.2) is 0 Å². The first-order valence-electron chi connectivity index (χ1n) is 9.30. The second-order valence-corrected chi connectivity index (χ2v) is 6.39. The molecule has 0 aliphatic rings. The van der Waals surface area contributed by atoms with E-state index in [0.29, 0.717) is 13.1 Å². The molecule has 0 atom stereocenters. The number of carbonyl (C=O) groups is 2. The van der Waals surface area contributed by atoms with Crippen LogP contribution in [-0.2, 0) is 22.4 Å². The Bertz CT molecular complexity index is 756. The van der Waals surface area contributed by atoms with Gasteiger partial charge in [0.05, 0.1) is 7.11 Å². The monoisotopic (exact) mass is 368 g/mol. The van der Waals surface area contributed by atoms with E-state index >= 15 is 0 Å². The Morgan fingerprint density at radius 1 is 1.07 bits per heavy atom. The highest BCUT2D eigenvalue weighted by atomic mass is 16.5. The highest BCUT2D eigenvalue weighted by Gasteiger charge is 2.13. The lowest BCUT2D eigenvalue weighted by Crippen LogP contribution is -2.34. The molecule has 1 N–H and O–H groups in total. The van der Waals surface area contributed by atoms with E-state index in [1.165, 1.54) is 12.5 Å². The summed E-state index contributed by atoms with van der Waals surface area (Å²) in [5.41, 5.74) is 3.15. The van der Waals surface area contributed by atoms with Crippen molar-refractivity contribution in [1.82, 2.24) is 5.32 Å². The average molecular weight is 368 g/mol. The highest BCUT2D eigenvalue weighted by molar-refractivity contribution is 5.92. The van der Waals surface area contributed by atoms with Gasteiger partial charge in [-0.15, -0.1) is 0 Å². The predicted octanol–water partition coefficient (Wildman–Crippen LogP) is 3.36. The van der Waals surface area contributed by atoms with Crippen molar-refractivity contribution in [3.63, 3.8) is 0 Å². The summed E-state index contributed by atoms with van der Waals surface area (Å²) in [7, 11) is 1.64. The quantitative estimate of drug-likeness (QED) is 0.738. The van der Waals surface area contributed by atoms with Crippen LogP contribution >= 0.6 is 0 Å². The van der Waals surface area contributed by atoms with Gasteiger partial charge in [0.1, 0.15) is 5.75 Å². The summed E-state index contributed by atoms with van der Waals surface area (Å²) >= 11 is 0. The van der Waals surface area contributed by atoms with Crippen molar-refractivity contribution in [1.29, 1.82) is 0 Å². The maximum atomic E-state index is 12.1. The summed E-state index contributed by atoms with van der Waals surface area (Å²) in [5.74, 6) is 0.683. The van der Waals surface area contributed by atoms with Crippen LogP contribution < -0.4 is 15.0 Å². The zero-order valence-corrected chi connectivity index (χ0v) is 16.3. The molecule has 2 rings (SSSR count). The Labute approximate surface area is 161 Å². The van der Waals surface area contributed by atoms with E-state index in [0.717, 1.165) is 29.8 Å². The highest BCUT2D eigenvalue weighted by Crippen LogP contribution is 2.16. The van der Waals surface area contributed by atoms with Gasteiger partial charge in [-0.25, -0.2) is 0 Å². The fraction of sp³-hybridized carbons (Fsp3) is 0.364. The summed E-state index contributed by atoms with van der Waals surface area (Å²) in [5, 5.41) is 2.91. The third-order valence-corrected chi connectivity index (χ3v) is 4.47. The normalized spacial score (nSPS) is 10.3. The number of aryl methyl sites for hydroxylation is 1. The van der Waals surface area contributed by atoms with Crippen LogP contribution in [0.1, 0.15) is 31.4 Å². The van der Waals surface area contributed by atoms with Gasteiger partial charge in [-0.05, 0) is 48.2 Å². The number of benzene rings is 2. The Hall–Kier alpha value is -2.82. The first kappa shape index (κ1) is 20.5. The molecular weight excluding hydrogens is 340 g/mol. The van der Waals surface area contributed by atoms with Crippen molar-refractivity contribution in [2.75, 3.05) is 25.1 Å². The zero-order valence-electron chi connectivity index (χ0n) is 16.3. The molecule has 0 fully saturated rings. The van der Waals surface area contributed by atoms with Crippen molar-refractivity contribution in [2.24, 2.45) is 0 Å². The van der Waals surface area contributed by atoms with Crippen molar-refractivity contribution in [3.05, 3.63) is 59.7 Å². The number of amides is 2. The summed E-state index contributed by atoms with van der Waals surface area (Å²) in [6.07, 6.45) is 1.96. The average Bonchev–Trinajstić information content (AvgIpc) is 2.68. The van der Waals surface area contributed by atoms with E-state index in [9.17, 15) is 9.59 Å². The summed E-state index contributed by atoms with van der Waals surface area (Å²) in [6, 6.07) is 15.7. The second-order valence-electron chi connectivity index (χ2n) is 6.39. The van der Waals surface area contributed by atoms with Gasteiger partial charge >= 0.3 is 0 Å². The van der Waals surface area contributed by atoms with Gasteiger partial charge in [0, 0.05) is 32.1 Å². The molecule has 0 aromatic heterocycles. The molecule has 5 nitrogen and oxygen atoms in total. The van der Waals surface area contributed by atoms with E-state index in [1.807, 2.05) is 48.5 Å². The van der Waals surface area contributed by atoms with E-state index in [4.69, 9.17) is 4.74 Å². The number of nitrogens with zero attached hydrogens (tertiary/aromatic N) is 1. The number of nitrogens with one attached hydrogen (secondary N) is 1. The number of anilines is 1. The third kappa shape index (κ3) is 6.44. The van der Waals surface area contributed by atoms with E-state index < -0.39 is 0 Å². The Morgan fingerprint density at radius 2 is 1.81 bits per heavy atom. The molecule has 0 aliphatic heterocycles. The van der Waals surface area contributed by atoms with Gasteiger partial charge in [0.25, 0.3) is 0 Å². The summed E-state index contributed by atoms with van der Waals surface area (Å²) in [6.45, 7) is 4.53. The van der Waals surface area contributed by atoms with Crippen molar-refractivity contribution in [2.45, 2.75) is 33.1 Å². The molecule has 0 bridgehead atoms. The molecule has 0 heterocycles. The van der Waals surface area contributed by atoms with Crippen LogP contribution in [0.25, 0.3) is 0 Å². The lowest BCUT2D eigenvalue weighted by atomic mass is 10.1. The zero-order chi connectivity index (χ0) is 19.6. The van der Waals surface area contributed by atoms with Crippen molar-refractivity contribution >= 4 is 17.5 Å². The maximum Gasteiger partial charge on any atom is 0.223 e. The van der Waals surface area contributed by atoms with Crippen molar-refractivity contribution < 1.29 is 14.3 Å². The van der Waals surface area contributed by atoms with Crippen LogP contribution in [0.5, 0.6) is 5.75 Å². The number of hydrogen-bond donors (Lipinski definition) is 1. The minimum Gasteiger partial charge on any atom is -0.497 e. The van der Waals surface area contributed by atoms with Gasteiger partial charge < -0.3 is 15.0 Å². The molecule has 2 aromatic rings. The number of ether oxygens (including phenoxy) is 1. The second kappa shape index (κ2) is 10.4. The topological polar surface area (TPSA) is 58.6 Å². The molecule has 27 heavy (non-hydrogen) atoms. The van der Waals surface area contributed by atoms with E-state index in [1.54, 1.807) is 12.0 Å². The van der Waals surface area contributed by atoms with Crippen LogP contribution in [0.3, 0.4) is 0 Å². The number of carbonyl (C=O) groups excluding carboxylic acids is 2.